The Morgan fingerprint density at radius 3 is 2.67 bits per heavy atom. The van der Waals surface area contributed by atoms with E-state index in [0.717, 1.165) is 4.70 Å². The predicted molar refractivity (Wildman–Crippen MR) is 101 cm³/mol. The Morgan fingerprint density at radius 2 is 1.93 bits per heavy atom. The van der Waals surface area contributed by atoms with Gasteiger partial charge in [0.2, 0.25) is 0 Å². The van der Waals surface area contributed by atoms with Crippen LogP contribution in [0.1, 0.15) is 16.1 Å². The molecule has 27 heavy (non-hydrogen) atoms. The molecule has 3 aromatic rings. The molecule has 0 atom stereocenters. The van der Waals surface area contributed by atoms with Gasteiger partial charge in [-0.3, -0.25) is 4.79 Å². The Balaban J connectivity index is 1.68. The summed E-state index contributed by atoms with van der Waals surface area (Å²) >= 11 is 1.18. The van der Waals surface area contributed by atoms with Gasteiger partial charge in [-0.2, -0.15) is 5.26 Å². The van der Waals surface area contributed by atoms with Crippen LogP contribution in [0.3, 0.4) is 0 Å². The van der Waals surface area contributed by atoms with Crippen molar-refractivity contribution in [3.8, 4) is 6.07 Å². The summed E-state index contributed by atoms with van der Waals surface area (Å²) in [5, 5.41) is 9.41. The summed E-state index contributed by atoms with van der Waals surface area (Å²) in [4.78, 5) is 26.5. The molecule has 0 bridgehead atoms. The molecule has 2 aromatic carbocycles. The van der Waals surface area contributed by atoms with Crippen molar-refractivity contribution >= 4 is 39.0 Å². The first kappa shape index (κ1) is 18.5. The van der Waals surface area contributed by atoms with Gasteiger partial charge < -0.3 is 9.64 Å². The van der Waals surface area contributed by atoms with E-state index in [1.54, 1.807) is 36.4 Å². The SMILES string of the molecule is N#CCCN(C(=O)COC(=O)c1cc2cc(F)ccc2s1)c1ccccc1. The minimum atomic E-state index is -0.641. The molecular weight excluding hydrogens is 367 g/mol. The van der Waals surface area contributed by atoms with Crippen LogP contribution >= 0.6 is 11.3 Å². The minimum Gasteiger partial charge on any atom is -0.451 e. The topological polar surface area (TPSA) is 70.4 Å². The van der Waals surface area contributed by atoms with E-state index < -0.39 is 18.5 Å². The number of halogens is 1. The molecule has 136 valence electrons. The molecule has 0 fully saturated rings. The average molecular weight is 382 g/mol. The second-order valence-electron chi connectivity index (χ2n) is 5.66. The molecule has 1 amide bonds. The van der Waals surface area contributed by atoms with Crippen molar-refractivity contribution in [2.45, 2.75) is 6.42 Å². The minimum absolute atomic E-state index is 0.163. The molecule has 0 aliphatic heterocycles. The number of carbonyl (C=O) groups excluding carboxylic acids is 2. The van der Waals surface area contributed by atoms with Crippen molar-refractivity contribution in [3.05, 3.63) is 65.3 Å². The molecule has 3 rings (SSSR count). The van der Waals surface area contributed by atoms with Crippen LogP contribution in [-0.2, 0) is 9.53 Å². The highest BCUT2D eigenvalue weighted by Crippen LogP contribution is 2.26. The van der Waals surface area contributed by atoms with Crippen LogP contribution in [0.4, 0.5) is 10.1 Å². The molecule has 0 aliphatic rings. The fourth-order valence-electron chi connectivity index (χ4n) is 2.56. The lowest BCUT2D eigenvalue weighted by molar-refractivity contribution is -0.121. The van der Waals surface area contributed by atoms with E-state index in [2.05, 4.69) is 0 Å². The smallest absolute Gasteiger partial charge is 0.348 e. The Hall–Kier alpha value is -3.24. The second kappa shape index (κ2) is 8.43. The number of hydrogen-bond acceptors (Lipinski definition) is 5. The van der Waals surface area contributed by atoms with Crippen LogP contribution in [0.2, 0.25) is 0 Å². The van der Waals surface area contributed by atoms with Crippen LogP contribution in [0.5, 0.6) is 0 Å². The highest BCUT2D eigenvalue weighted by Gasteiger charge is 2.19. The van der Waals surface area contributed by atoms with Gasteiger partial charge in [-0.05, 0) is 41.8 Å². The molecule has 0 saturated heterocycles. The molecule has 7 heteroatoms. The first-order valence-corrected chi connectivity index (χ1v) is 8.98. The second-order valence-corrected chi connectivity index (χ2v) is 6.74. The summed E-state index contributed by atoms with van der Waals surface area (Å²) in [5.74, 6) is -1.44. The van der Waals surface area contributed by atoms with Crippen molar-refractivity contribution in [1.29, 1.82) is 5.26 Å². The molecule has 1 heterocycles. The molecule has 0 saturated carbocycles. The highest BCUT2D eigenvalue weighted by atomic mass is 32.1. The summed E-state index contributed by atoms with van der Waals surface area (Å²) in [5.41, 5.74) is 0.631. The first-order chi connectivity index (χ1) is 13.1. The summed E-state index contributed by atoms with van der Waals surface area (Å²) in [7, 11) is 0. The Labute approximate surface area is 159 Å². The third kappa shape index (κ3) is 4.49. The lowest BCUT2D eigenvalue weighted by Crippen LogP contribution is -2.35. The standard InChI is InChI=1S/C20H15FN2O3S/c21-15-7-8-17-14(11-15)12-18(27-17)20(25)26-13-19(24)23(10-4-9-22)16-5-2-1-3-6-16/h1-3,5-8,11-12H,4,10,13H2. The molecule has 0 aliphatic carbocycles. The van der Waals surface area contributed by atoms with Gasteiger partial charge in [-0.25, -0.2) is 9.18 Å². The van der Waals surface area contributed by atoms with Crippen LogP contribution in [0, 0.1) is 17.1 Å². The predicted octanol–water partition coefficient (Wildman–Crippen LogP) is 4.14. The maximum absolute atomic E-state index is 13.3. The highest BCUT2D eigenvalue weighted by molar-refractivity contribution is 7.20. The number of amides is 1. The van der Waals surface area contributed by atoms with Gasteiger partial charge in [-0.1, -0.05) is 18.2 Å². The van der Waals surface area contributed by atoms with E-state index in [0.29, 0.717) is 16.0 Å². The van der Waals surface area contributed by atoms with E-state index in [-0.39, 0.29) is 18.8 Å². The van der Waals surface area contributed by atoms with E-state index in [9.17, 15) is 14.0 Å². The third-order valence-corrected chi connectivity index (χ3v) is 4.92. The summed E-state index contributed by atoms with van der Waals surface area (Å²) in [6, 6.07) is 16.7. The van der Waals surface area contributed by atoms with Gasteiger partial charge in [0, 0.05) is 16.9 Å². The normalized spacial score (nSPS) is 10.4. The quantitative estimate of drug-likeness (QED) is 0.601. The number of thiophene rings is 1. The number of nitriles is 1. The zero-order valence-electron chi connectivity index (χ0n) is 14.2. The number of fused-ring (bicyclic) bond motifs is 1. The number of hydrogen-bond donors (Lipinski definition) is 0. The van der Waals surface area contributed by atoms with Crippen LogP contribution in [0.25, 0.3) is 10.1 Å². The van der Waals surface area contributed by atoms with Gasteiger partial charge in [-0.15, -0.1) is 11.3 Å². The van der Waals surface area contributed by atoms with Gasteiger partial charge in [0.05, 0.1) is 12.5 Å². The number of nitrogens with zero attached hydrogens (tertiary/aromatic N) is 2. The van der Waals surface area contributed by atoms with Crippen molar-refractivity contribution < 1.29 is 18.7 Å². The molecule has 1 aromatic heterocycles. The van der Waals surface area contributed by atoms with Crippen LogP contribution in [0.15, 0.2) is 54.6 Å². The molecule has 0 N–H and O–H groups in total. The zero-order valence-corrected chi connectivity index (χ0v) is 15.0. The molecule has 0 spiro atoms. The molecule has 5 nitrogen and oxygen atoms in total. The summed E-state index contributed by atoms with van der Waals surface area (Å²) < 4.78 is 19.2. The maximum Gasteiger partial charge on any atom is 0.348 e. The zero-order chi connectivity index (χ0) is 19.2. The van der Waals surface area contributed by atoms with E-state index in [1.807, 2.05) is 12.1 Å². The van der Waals surface area contributed by atoms with Gasteiger partial charge in [0.25, 0.3) is 5.91 Å². The lowest BCUT2D eigenvalue weighted by atomic mass is 10.2. The molecule has 0 unspecified atom stereocenters. The lowest BCUT2D eigenvalue weighted by Gasteiger charge is -2.21. The summed E-state index contributed by atoms with van der Waals surface area (Å²) in [6.07, 6.45) is 0.163. The number of rotatable bonds is 6. The average Bonchev–Trinajstić information content (AvgIpc) is 3.10. The molecule has 0 radical (unpaired) electrons. The van der Waals surface area contributed by atoms with E-state index in [1.165, 1.54) is 28.4 Å². The van der Waals surface area contributed by atoms with Gasteiger partial charge in [0.15, 0.2) is 6.61 Å². The van der Waals surface area contributed by atoms with E-state index in [4.69, 9.17) is 10.00 Å². The Kier molecular flexibility index (Phi) is 5.79. The number of esters is 1. The van der Waals surface area contributed by atoms with Gasteiger partial charge in [0.1, 0.15) is 10.7 Å². The fraction of sp³-hybridized carbons (Fsp3) is 0.150. The number of carbonyl (C=O) groups is 2. The summed E-state index contributed by atoms with van der Waals surface area (Å²) in [6.45, 7) is -0.235. The monoisotopic (exact) mass is 382 g/mol. The number of para-hydroxylation sites is 1. The maximum atomic E-state index is 13.3. The third-order valence-electron chi connectivity index (χ3n) is 3.82. The first-order valence-electron chi connectivity index (χ1n) is 8.17. The Bertz CT molecular complexity index is 1010. The number of anilines is 1. The van der Waals surface area contributed by atoms with Crippen molar-refractivity contribution in [1.82, 2.24) is 0 Å². The fourth-order valence-corrected chi connectivity index (χ4v) is 3.50. The largest absolute Gasteiger partial charge is 0.451 e. The Morgan fingerprint density at radius 1 is 1.15 bits per heavy atom. The van der Waals surface area contributed by atoms with Crippen molar-refractivity contribution in [2.75, 3.05) is 18.1 Å². The van der Waals surface area contributed by atoms with Crippen LogP contribution < -0.4 is 4.90 Å². The van der Waals surface area contributed by atoms with Gasteiger partial charge >= 0.3 is 5.97 Å². The van der Waals surface area contributed by atoms with E-state index >= 15 is 0 Å². The number of ether oxygens (including phenoxy) is 1. The van der Waals surface area contributed by atoms with Crippen LogP contribution in [-0.4, -0.2) is 25.0 Å². The molecular formula is C20H15FN2O3S. The number of benzene rings is 2. The van der Waals surface area contributed by atoms with Crippen molar-refractivity contribution in [3.63, 3.8) is 0 Å². The van der Waals surface area contributed by atoms with Crippen molar-refractivity contribution in [2.24, 2.45) is 0 Å².